The van der Waals surface area contributed by atoms with Gasteiger partial charge in [-0.3, -0.25) is 9.10 Å². The number of hydrogen-bond acceptors (Lipinski definition) is 4. The SMILES string of the molecule is CN(c1ccccc1)S(=O)(=O)c1cccc(NC(=O)CCCCCCN)c1.Cl. The second-order valence-electron chi connectivity index (χ2n) is 6.34. The van der Waals surface area contributed by atoms with E-state index in [1.165, 1.54) is 23.5 Å². The fourth-order valence-corrected chi connectivity index (χ4v) is 3.92. The predicted octanol–water partition coefficient (Wildman–Crippen LogP) is 3.78. The smallest absolute Gasteiger partial charge is 0.264 e. The van der Waals surface area contributed by atoms with E-state index in [1.54, 1.807) is 36.4 Å². The van der Waals surface area contributed by atoms with Gasteiger partial charge in [-0.2, -0.15) is 0 Å². The summed E-state index contributed by atoms with van der Waals surface area (Å²) in [5.41, 5.74) is 6.50. The molecule has 0 aliphatic rings. The summed E-state index contributed by atoms with van der Waals surface area (Å²) in [6, 6.07) is 15.2. The summed E-state index contributed by atoms with van der Waals surface area (Å²) in [6.07, 6.45) is 4.15. The molecule has 6 nitrogen and oxygen atoms in total. The number of nitrogens with zero attached hydrogens (tertiary/aromatic N) is 1. The van der Waals surface area contributed by atoms with E-state index in [0.717, 1.165) is 25.7 Å². The van der Waals surface area contributed by atoms with Crippen molar-refractivity contribution in [2.75, 3.05) is 23.2 Å². The summed E-state index contributed by atoms with van der Waals surface area (Å²) in [5.74, 6) is -0.117. The summed E-state index contributed by atoms with van der Waals surface area (Å²) in [5, 5.41) is 2.78. The van der Waals surface area contributed by atoms with E-state index >= 15 is 0 Å². The normalized spacial score (nSPS) is 10.8. The zero-order valence-corrected chi connectivity index (χ0v) is 17.6. The monoisotopic (exact) mass is 425 g/mol. The Hall–Kier alpha value is -2.09. The number of nitrogens with two attached hydrogens (primary N) is 1. The van der Waals surface area contributed by atoms with E-state index in [0.29, 0.717) is 24.3 Å². The largest absolute Gasteiger partial charge is 0.330 e. The Morgan fingerprint density at radius 3 is 2.36 bits per heavy atom. The maximum Gasteiger partial charge on any atom is 0.264 e. The summed E-state index contributed by atoms with van der Waals surface area (Å²) in [4.78, 5) is 12.2. The Balaban J connectivity index is 0.00000392. The van der Waals surface area contributed by atoms with Crippen molar-refractivity contribution in [3.8, 4) is 0 Å². The van der Waals surface area contributed by atoms with Crippen molar-refractivity contribution in [1.29, 1.82) is 0 Å². The fourth-order valence-electron chi connectivity index (χ4n) is 2.68. The highest BCUT2D eigenvalue weighted by atomic mass is 35.5. The highest BCUT2D eigenvalue weighted by molar-refractivity contribution is 7.92. The average Bonchev–Trinajstić information content (AvgIpc) is 2.68. The Morgan fingerprint density at radius 2 is 1.68 bits per heavy atom. The van der Waals surface area contributed by atoms with Crippen molar-refractivity contribution >= 4 is 39.7 Å². The molecule has 0 saturated heterocycles. The highest BCUT2D eigenvalue weighted by Gasteiger charge is 2.21. The average molecular weight is 426 g/mol. The highest BCUT2D eigenvalue weighted by Crippen LogP contribution is 2.23. The van der Waals surface area contributed by atoms with Crippen molar-refractivity contribution in [2.24, 2.45) is 5.73 Å². The van der Waals surface area contributed by atoms with E-state index in [1.807, 2.05) is 6.07 Å². The fraction of sp³-hybridized carbons (Fsp3) is 0.350. The van der Waals surface area contributed by atoms with E-state index in [-0.39, 0.29) is 23.2 Å². The molecule has 0 saturated carbocycles. The molecule has 2 aromatic carbocycles. The van der Waals surface area contributed by atoms with E-state index in [4.69, 9.17) is 5.73 Å². The van der Waals surface area contributed by atoms with Gasteiger partial charge in [-0.25, -0.2) is 8.42 Å². The lowest BCUT2D eigenvalue weighted by atomic mass is 10.1. The second-order valence-corrected chi connectivity index (χ2v) is 8.31. The van der Waals surface area contributed by atoms with Crippen LogP contribution in [0.25, 0.3) is 0 Å². The number of benzene rings is 2. The molecule has 0 aromatic heterocycles. The molecule has 0 aliphatic carbocycles. The second kappa shape index (κ2) is 11.7. The lowest BCUT2D eigenvalue weighted by molar-refractivity contribution is -0.116. The van der Waals surface area contributed by atoms with Crippen molar-refractivity contribution in [2.45, 2.75) is 37.0 Å². The molecule has 0 atom stereocenters. The number of amides is 1. The minimum Gasteiger partial charge on any atom is -0.330 e. The number of nitrogens with one attached hydrogen (secondary N) is 1. The number of para-hydroxylation sites is 1. The van der Waals surface area contributed by atoms with Crippen molar-refractivity contribution in [3.05, 3.63) is 54.6 Å². The number of unbranched alkanes of at least 4 members (excludes halogenated alkanes) is 3. The molecule has 3 N–H and O–H groups in total. The number of hydrogen-bond donors (Lipinski definition) is 2. The van der Waals surface area contributed by atoms with Crippen LogP contribution >= 0.6 is 12.4 Å². The Bertz CT molecular complexity index is 845. The minimum absolute atomic E-state index is 0. The number of carbonyl (C=O) groups excluding carboxylic acids is 1. The third kappa shape index (κ3) is 6.82. The van der Waals surface area contributed by atoms with Gasteiger partial charge < -0.3 is 11.1 Å². The Kier molecular flexibility index (Phi) is 9.99. The number of anilines is 2. The van der Waals surface area contributed by atoms with Crippen LogP contribution in [-0.4, -0.2) is 27.9 Å². The van der Waals surface area contributed by atoms with Crippen LogP contribution < -0.4 is 15.4 Å². The minimum atomic E-state index is -3.71. The first-order valence-electron chi connectivity index (χ1n) is 9.09. The van der Waals surface area contributed by atoms with Gasteiger partial charge in [-0.1, -0.05) is 37.1 Å². The summed E-state index contributed by atoms with van der Waals surface area (Å²) < 4.78 is 26.9. The molecule has 0 bridgehead atoms. The van der Waals surface area contributed by atoms with Gasteiger partial charge in [-0.15, -0.1) is 12.4 Å². The number of rotatable bonds is 10. The van der Waals surface area contributed by atoms with Crippen LogP contribution in [0.2, 0.25) is 0 Å². The van der Waals surface area contributed by atoms with Crippen molar-refractivity contribution in [1.82, 2.24) is 0 Å². The maximum absolute atomic E-state index is 12.8. The van der Waals surface area contributed by atoms with Gasteiger partial charge in [0.25, 0.3) is 10.0 Å². The van der Waals surface area contributed by atoms with Gasteiger partial charge in [0.05, 0.1) is 10.6 Å². The summed E-state index contributed by atoms with van der Waals surface area (Å²) >= 11 is 0. The molecule has 0 spiro atoms. The third-order valence-electron chi connectivity index (χ3n) is 4.25. The van der Waals surface area contributed by atoms with Crippen molar-refractivity contribution < 1.29 is 13.2 Å². The molecule has 154 valence electrons. The molecule has 28 heavy (non-hydrogen) atoms. The Labute approximate surface area is 173 Å². The van der Waals surface area contributed by atoms with Crippen LogP contribution in [0.15, 0.2) is 59.5 Å². The summed E-state index contributed by atoms with van der Waals surface area (Å²) in [7, 11) is -2.20. The van der Waals surface area contributed by atoms with Gasteiger partial charge in [0.15, 0.2) is 0 Å². The number of carbonyl (C=O) groups is 1. The third-order valence-corrected chi connectivity index (χ3v) is 6.04. The molecule has 8 heteroatoms. The topological polar surface area (TPSA) is 92.5 Å². The lowest BCUT2D eigenvalue weighted by Crippen LogP contribution is -2.26. The van der Waals surface area contributed by atoms with Gasteiger partial charge >= 0.3 is 0 Å². The predicted molar refractivity (Wildman–Crippen MR) is 116 cm³/mol. The van der Waals surface area contributed by atoms with Crippen LogP contribution in [0.4, 0.5) is 11.4 Å². The molecular weight excluding hydrogens is 398 g/mol. The van der Waals surface area contributed by atoms with Crippen LogP contribution in [0.3, 0.4) is 0 Å². The van der Waals surface area contributed by atoms with Crippen LogP contribution in [0, 0.1) is 0 Å². The number of sulfonamides is 1. The zero-order valence-electron chi connectivity index (χ0n) is 16.0. The van der Waals surface area contributed by atoms with E-state index in [2.05, 4.69) is 5.32 Å². The van der Waals surface area contributed by atoms with Crippen LogP contribution in [-0.2, 0) is 14.8 Å². The van der Waals surface area contributed by atoms with E-state index < -0.39 is 10.0 Å². The number of halogens is 1. The lowest BCUT2D eigenvalue weighted by Gasteiger charge is -2.19. The standard InChI is InChI=1S/C20H27N3O3S.ClH/c1-23(18-11-5-4-6-12-18)27(25,26)19-13-9-10-17(16-19)22-20(24)14-7-2-3-8-15-21;/h4-6,9-13,16H,2-3,7-8,14-15,21H2,1H3,(H,22,24);1H. The van der Waals surface area contributed by atoms with Gasteiger partial charge in [0.1, 0.15) is 0 Å². The molecule has 2 rings (SSSR count). The van der Waals surface area contributed by atoms with Gasteiger partial charge in [0.2, 0.25) is 5.91 Å². The molecule has 0 fully saturated rings. The molecule has 2 aromatic rings. The van der Waals surface area contributed by atoms with Gasteiger partial charge in [0, 0.05) is 19.2 Å². The first-order chi connectivity index (χ1) is 12.9. The molecule has 0 heterocycles. The molecule has 0 radical (unpaired) electrons. The van der Waals surface area contributed by atoms with E-state index in [9.17, 15) is 13.2 Å². The van der Waals surface area contributed by atoms with Gasteiger partial charge in [-0.05, 0) is 49.7 Å². The quantitative estimate of drug-likeness (QED) is 0.566. The molecule has 0 aliphatic heterocycles. The molecular formula is C20H28ClN3O3S. The molecule has 1 amide bonds. The Morgan fingerprint density at radius 1 is 1.00 bits per heavy atom. The van der Waals surface area contributed by atoms with Crippen molar-refractivity contribution in [3.63, 3.8) is 0 Å². The first kappa shape index (κ1) is 23.9. The maximum atomic E-state index is 12.8. The summed E-state index contributed by atoms with van der Waals surface area (Å²) in [6.45, 7) is 0.672. The first-order valence-corrected chi connectivity index (χ1v) is 10.5. The molecule has 0 unspecified atom stereocenters. The van der Waals surface area contributed by atoms with Crippen LogP contribution in [0.1, 0.15) is 32.1 Å². The zero-order chi connectivity index (χ0) is 19.7. The van der Waals surface area contributed by atoms with Crippen LogP contribution in [0.5, 0.6) is 0 Å².